The van der Waals surface area contributed by atoms with Crippen LogP contribution in [0.2, 0.25) is 0 Å². The lowest BCUT2D eigenvalue weighted by Gasteiger charge is -2.40. The normalized spacial score (nSPS) is 22.2. The number of unbranched alkanes of at least 4 members (excludes halogenated alkanes) is 9. The van der Waals surface area contributed by atoms with E-state index in [2.05, 4.69) is 104 Å². The van der Waals surface area contributed by atoms with Crippen LogP contribution in [0.1, 0.15) is 136 Å². The summed E-state index contributed by atoms with van der Waals surface area (Å²) in [6, 6.07) is -0.840. The van der Waals surface area contributed by atoms with Crippen LogP contribution in [0.15, 0.2) is 97.2 Å². The van der Waals surface area contributed by atoms with Gasteiger partial charge in [-0.15, -0.1) is 0 Å². The molecule has 56 heavy (non-hydrogen) atoms. The fourth-order valence-corrected chi connectivity index (χ4v) is 5.97. The highest BCUT2D eigenvalue weighted by Crippen LogP contribution is 2.22. The Morgan fingerprint density at radius 3 is 1.62 bits per heavy atom. The van der Waals surface area contributed by atoms with Crippen molar-refractivity contribution in [1.29, 1.82) is 0 Å². The van der Waals surface area contributed by atoms with E-state index in [0.717, 1.165) is 70.6 Å². The summed E-state index contributed by atoms with van der Waals surface area (Å²) in [5.41, 5.74) is 0. The summed E-state index contributed by atoms with van der Waals surface area (Å²) in [4.78, 5) is 12.9. The maximum atomic E-state index is 12.9. The molecule has 0 aliphatic carbocycles. The molecule has 0 radical (unpaired) electrons. The van der Waals surface area contributed by atoms with Crippen molar-refractivity contribution in [3.63, 3.8) is 0 Å². The second kappa shape index (κ2) is 36.5. The lowest BCUT2D eigenvalue weighted by molar-refractivity contribution is -0.302. The van der Waals surface area contributed by atoms with Crippen molar-refractivity contribution in [2.45, 2.75) is 179 Å². The van der Waals surface area contributed by atoms with E-state index < -0.39 is 49.5 Å². The molecule has 0 aromatic heterocycles. The molecule has 1 saturated heterocycles. The molecule has 9 heteroatoms. The van der Waals surface area contributed by atoms with E-state index in [1.165, 1.54) is 38.5 Å². The highest BCUT2D eigenvalue weighted by molar-refractivity contribution is 5.76. The standard InChI is InChI=1S/C47H77NO8/c1-3-5-7-9-11-13-15-16-17-18-19-20-21-22-23-24-25-26-27-29-31-33-35-37-43(51)48-40(39-55-47-46(54)45(53)44(52)42(38-49)56-47)41(50)36-34-32-30-28-14-12-10-8-6-4-2/h5,7,11,13,16-17,19-20,22-23,25-26,29,31,34,36,40-42,44-47,49-50,52-54H,3-4,6,8-10,12,14-15,18,21,24,27-28,30,32-33,35,37-39H2,1-2H3,(H,48,51)/b7-5-,13-11-,17-16-,20-19-,23-22-,26-25-,31-29-,36-34+. The van der Waals surface area contributed by atoms with Crippen LogP contribution in [0.3, 0.4) is 0 Å². The van der Waals surface area contributed by atoms with Crippen molar-refractivity contribution in [3.8, 4) is 0 Å². The van der Waals surface area contributed by atoms with E-state index in [4.69, 9.17) is 9.47 Å². The number of aliphatic hydroxyl groups excluding tert-OH is 5. The molecule has 1 aliphatic rings. The molecular formula is C47H77NO8. The van der Waals surface area contributed by atoms with Crippen LogP contribution in [-0.2, 0) is 14.3 Å². The summed E-state index contributed by atoms with van der Waals surface area (Å²) in [7, 11) is 0. The van der Waals surface area contributed by atoms with E-state index in [1.54, 1.807) is 6.08 Å². The summed E-state index contributed by atoms with van der Waals surface area (Å²) in [5.74, 6) is -0.242. The minimum absolute atomic E-state index is 0.219. The second-order valence-electron chi connectivity index (χ2n) is 14.4. The Kier molecular flexibility index (Phi) is 33.3. The van der Waals surface area contributed by atoms with Crippen LogP contribution in [0.4, 0.5) is 0 Å². The number of hydrogen-bond donors (Lipinski definition) is 6. The van der Waals surface area contributed by atoms with Gasteiger partial charge < -0.3 is 40.3 Å². The highest BCUT2D eigenvalue weighted by atomic mass is 16.7. The molecule has 9 nitrogen and oxygen atoms in total. The fraction of sp³-hybridized carbons (Fsp3) is 0.638. The van der Waals surface area contributed by atoms with Gasteiger partial charge in [-0.05, 0) is 70.6 Å². The van der Waals surface area contributed by atoms with Gasteiger partial charge in [0.25, 0.3) is 0 Å². The fourth-order valence-electron chi connectivity index (χ4n) is 5.97. The van der Waals surface area contributed by atoms with Gasteiger partial charge in [-0.2, -0.15) is 0 Å². The van der Waals surface area contributed by atoms with Gasteiger partial charge in [-0.1, -0.05) is 156 Å². The third-order valence-electron chi connectivity index (χ3n) is 9.41. The molecular weight excluding hydrogens is 707 g/mol. The first-order valence-electron chi connectivity index (χ1n) is 21.5. The molecule has 0 aromatic rings. The molecule has 318 valence electrons. The van der Waals surface area contributed by atoms with E-state index in [0.29, 0.717) is 6.42 Å². The van der Waals surface area contributed by atoms with Gasteiger partial charge in [0.05, 0.1) is 25.4 Å². The zero-order valence-electron chi connectivity index (χ0n) is 34.6. The number of rotatable bonds is 33. The highest BCUT2D eigenvalue weighted by Gasteiger charge is 2.44. The van der Waals surface area contributed by atoms with Gasteiger partial charge in [0.15, 0.2) is 6.29 Å². The molecule has 1 fully saturated rings. The summed E-state index contributed by atoms with van der Waals surface area (Å²) in [6.07, 6.45) is 44.6. The monoisotopic (exact) mass is 784 g/mol. The average Bonchev–Trinajstić information content (AvgIpc) is 3.20. The molecule has 7 atom stereocenters. The maximum Gasteiger partial charge on any atom is 0.220 e. The van der Waals surface area contributed by atoms with Crippen LogP contribution < -0.4 is 5.32 Å². The first-order valence-corrected chi connectivity index (χ1v) is 21.5. The predicted octanol–water partition coefficient (Wildman–Crippen LogP) is 8.55. The first-order chi connectivity index (χ1) is 27.3. The van der Waals surface area contributed by atoms with E-state index in [9.17, 15) is 30.3 Å². The topological polar surface area (TPSA) is 149 Å². The summed E-state index contributed by atoms with van der Waals surface area (Å²) in [6.45, 7) is 3.56. The third-order valence-corrected chi connectivity index (χ3v) is 9.41. The lowest BCUT2D eigenvalue weighted by atomic mass is 9.99. The summed E-state index contributed by atoms with van der Waals surface area (Å²) >= 11 is 0. The Balaban J connectivity index is 2.41. The second-order valence-corrected chi connectivity index (χ2v) is 14.4. The predicted molar refractivity (Wildman–Crippen MR) is 230 cm³/mol. The maximum absolute atomic E-state index is 12.9. The molecule has 1 aliphatic heterocycles. The number of ether oxygens (including phenoxy) is 2. The number of carbonyl (C=O) groups excluding carboxylic acids is 1. The van der Waals surface area contributed by atoms with E-state index in [-0.39, 0.29) is 18.9 Å². The van der Waals surface area contributed by atoms with E-state index in [1.807, 2.05) is 6.08 Å². The smallest absolute Gasteiger partial charge is 0.220 e. The number of nitrogens with one attached hydrogen (secondary N) is 1. The number of aliphatic hydroxyl groups is 5. The van der Waals surface area contributed by atoms with Crippen molar-refractivity contribution < 1.29 is 39.8 Å². The zero-order chi connectivity index (χ0) is 40.9. The minimum Gasteiger partial charge on any atom is -0.394 e. The van der Waals surface area contributed by atoms with Gasteiger partial charge >= 0.3 is 0 Å². The molecule has 6 N–H and O–H groups in total. The molecule has 1 amide bonds. The lowest BCUT2D eigenvalue weighted by Crippen LogP contribution is -2.60. The van der Waals surface area contributed by atoms with Crippen LogP contribution in [-0.4, -0.2) is 87.5 Å². The summed E-state index contributed by atoms with van der Waals surface area (Å²) in [5, 5.41) is 53.9. The Labute approximate surface area is 339 Å². The largest absolute Gasteiger partial charge is 0.394 e. The quantitative estimate of drug-likeness (QED) is 0.0287. The average molecular weight is 784 g/mol. The van der Waals surface area contributed by atoms with Crippen molar-refractivity contribution in [2.75, 3.05) is 13.2 Å². The Hall–Kier alpha value is -2.89. The molecule has 7 unspecified atom stereocenters. The van der Waals surface area contributed by atoms with Crippen molar-refractivity contribution in [2.24, 2.45) is 0 Å². The number of allylic oxidation sites excluding steroid dienone is 15. The van der Waals surface area contributed by atoms with Crippen LogP contribution in [0.25, 0.3) is 0 Å². The SMILES string of the molecule is CC/C=C\C/C=C\C/C=C\C/C=C\C/C=C\C/C=C\C/C=C\CCCC(=O)NC(COC1OC(CO)C(O)C(O)C1O)C(O)/C=C/CCCCCCCCCC. The Bertz CT molecular complexity index is 1190. The zero-order valence-corrected chi connectivity index (χ0v) is 34.6. The van der Waals surface area contributed by atoms with Crippen molar-refractivity contribution in [1.82, 2.24) is 5.32 Å². The van der Waals surface area contributed by atoms with Crippen LogP contribution in [0, 0.1) is 0 Å². The molecule has 0 bridgehead atoms. The van der Waals surface area contributed by atoms with Gasteiger partial charge in [0, 0.05) is 6.42 Å². The van der Waals surface area contributed by atoms with Crippen molar-refractivity contribution in [3.05, 3.63) is 97.2 Å². The number of hydrogen-bond acceptors (Lipinski definition) is 8. The Morgan fingerprint density at radius 1 is 0.625 bits per heavy atom. The van der Waals surface area contributed by atoms with E-state index >= 15 is 0 Å². The van der Waals surface area contributed by atoms with Gasteiger partial charge in [0.2, 0.25) is 5.91 Å². The van der Waals surface area contributed by atoms with Gasteiger partial charge in [0.1, 0.15) is 24.4 Å². The van der Waals surface area contributed by atoms with Gasteiger partial charge in [-0.3, -0.25) is 4.79 Å². The van der Waals surface area contributed by atoms with Crippen molar-refractivity contribution >= 4 is 5.91 Å². The number of carbonyl (C=O) groups is 1. The Morgan fingerprint density at radius 2 is 1.11 bits per heavy atom. The molecule has 1 heterocycles. The molecule has 0 spiro atoms. The van der Waals surface area contributed by atoms with Gasteiger partial charge in [-0.25, -0.2) is 0 Å². The molecule has 1 rings (SSSR count). The molecule has 0 aromatic carbocycles. The summed E-state index contributed by atoms with van der Waals surface area (Å²) < 4.78 is 11.1. The first kappa shape index (κ1) is 51.1. The minimum atomic E-state index is -1.58. The number of amides is 1. The molecule has 0 saturated carbocycles. The van der Waals surface area contributed by atoms with Crippen LogP contribution in [0.5, 0.6) is 0 Å². The third kappa shape index (κ3) is 26.9. The van der Waals surface area contributed by atoms with Crippen LogP contribution >= 0.6 is 0 Å².